The zero-order chi connectivity index (χ0) is 21.0. The number of halogens is 3. The number of hydrogen-bond acceptors (Lipinski definition) is 4. The molecule has 1 aliphatic rings. The van der Waals surface area contributed by atoms with Crippen LogP contribution in [0.5, 0.6) is 0 Å². The van der Waals surface area contributed by atoms with Crippen LogP contribution in [0.3, 0.4) is 0 Å². The molecule has 1 saturated heterocycles. The maximum Gasteiger partial charge on any atom is 0.416 e. The van der Waals surface area contributed by atoms with Crippen molar-refractivity contribution >= 4 is 17.3 Å². The van der Waals surface area contributed by atoms with E-state index in [1.165, 1.54) is 12.1 Å². The molecular formula is C21H25F3N4O. The number of para-hydroxylation sites is 1. The van der Waals surface area contributed by atoms with Gasteiger partial charge in [-0.2, -0.15) is 13.2 Å². The summed E-state index contributed by atoms with van der Waals surface area (Å²) in [6.45, 7) is 3.29. The van der Waals surface area contributed by atoms with Crippen molar-refractivity contribution in [3.63, 3.8) is 0 Å². The highest BCUT2D eigenvalue weighted by atomic mass is 19.4. The molecular weight excluding hydrogens is 381 g/mol. The molecule has 2 aromatic carbocycles. The molecule has 1 atom stereocenters. The van der Waals surface area contributed by atoms with E-state index in [1.807, 2.05) is 7.05 Å². The number of rotatable bonds is 5. The van der Waals surface area contributed by atoms with Gasteiger partial charge in [-0.05, 0) is 44.4 Å². The number of carbonyl (C=O) groups excluding carboxylic acids is 1. The van der Waals surface area contributed by atoms with Crippen LogP contribution in [0.1, 0.15) is 15.9 Å². The van der Waals surface area contributed by atoms with Crippen LogP contribution in [0.4, 0.5) is 24.5 Å². The second-order valence-corrected chi connectivity index (χ2v) is 7.36. The van der Waals surface area contributed by atoms with Gasteiger partial charge in [0.05, 0.1) is 16.8 Å². The molecule has 1 aliphatic heterocycles. The highest BCUT2D eigenvalue weighted by molar-refractivity contribution is 6.00. The van der Waals surface area contributed by atoms with Gasteiger partial charge in [-0.25, -0.2) is 0 Å². The van der Waals surface area contributed by atoms with Crippen molar-refractivity contribution in [2.75, 3.05) is 45.6 Å². The third-order valence-corrected chi connectivity index (χ3v) is 5.12. The predicted molar refractivity (Wildman–Crippen MR) is 107 cm³/mol. The Labute approximate surface area is 168 Å². The number of carbonyl (C=O) groups is 1. The highest BCUT2D eigenvalue weighted by Gasteiger charge is 2.30. The van der Waals surface area contributed by atoms with Crippen molar-refractivity contribution < 1.29 is 18.0 Å². The Morgan fingerprint density at radius 1 is 1.10 bits per heavy atom. The lowest BCUT2D eigenvalue weighted by molar-refractivity contribution is -0.137. The smallest absolute Gasteiger partial charge is 0.355 e. The first-order chi connectivity index (χ1) is 13.7. The first kappa shape index (κ1) is 21.1. The summed E-state index contributed by atoms with van der Waals surface area (Å²) in [6.07, 6.45) is -4.42. The quantitative estimate of drug-likeness (QED) is 0.799. The summed E-state index contributed by atoms with van der Waals surface area (Å²) < 4.78 is 38.9. The summed E-state index contributed by atoms with van der Waals surface area (Å²) >= 11 is 0. The van der Waals surface area contributed by atoms with Crippen LogP contribution in [-0.4, -0.2) is 62.0 Å². The molecule has 1 amide bonds. The van der Waals surface area contributed by atoms with Crippen molar-refractivity contribution in [3.05, 3.63) is 59.7 Å². The summed E-state index contributed by atoms with van der Waals surface area (Å²) in [5, 5.41) is 5.89. The number of benzene rings is 2. The molecule has 0 spiro atoms. The second-order valence-electron chi connectivity index (χ2n) is 7.36. The van der Waals surface area contributed by atoms with Crippen LogP contribution in [0.15, 0.2) is 48.5 Å². The van der Waals surface area contributed by atoms with E-state index in [0.717, 1.165) is 31.8 Å². The monoisotopic (exact) mass is 406 g/mol. The number of piperazine rings is 1. The third-order valence-electron chi connectivity index (χ3n) is 5.12. The molecule has 3 rings (SSSR count). The van der Waals surface area contributed by atoms with Gasteiger partial charge < -0.3 is 15.5 Å². The molecule has 0 aliphatic carbocycles. The van der Waals surface area contributed by atoms with Crippen LogP contribution in [0.2, 0.25) is 0 Å². The standard InChI is InChI=1S/C21H25F3N4O/c1-27-10-11-28(2)17(14-27)13-25-20(29)18-8-3-4-9-19(18)26-16-7-5-6-15(12-16)21(22,23)24/h3-9,12,17,26H,10-11,13-14H2,1-2H3,(H,25,29). The SMILES string of the molecule is CN1CCN(C)C(CNC(=O)c2ccccc2Nc2cccc(C(F)(F)F)c2)C1. The summed E-state index contributed by atoms with van der Waals surface area (Å²) in [5.74, 6) is -0.262. The van der Waals surface area contributed by atoms with Crippen LogP contribution >= 0.6 is 0 Å². The largest absolute Gasteiger partial charge is 0.416 e. The fourth-order valence-electron chi connectivity index (χ4n) is 3.35. The lowest BCUT2D eigenvalue weighted by Gasteiger charge is -2.37. The zero-order valence-electron chi connectivity index (χ0n) is 16.5. The number of amides is 1. The average molecular weight is 406 g/mol. The Hall–Kier alpha value is -2.58. The maximum absolute atomic E-state index is 13.0. The van der Waals surface area contributed by atoms with E-state index in [0.29, 0.717) is 17.8 Å². The van der Waals surface area contributed by atoms with Crippen molar-refractivity contribution in [3.8, 4) is 0 Å². The molecule has 1 unspecified atom stereocenters. The van der Waals surface area contributed by atoms with E-state index >= 15 is 0 Å². The van der Waals surface area contributed by atoms with Gasteiger partial charge in [0.2, 0.25) is 0 Å². The number of hydrogen-bond donors (Lipinski definition) is 2. The summed E-state index contributed by atoms with van der Waals surface area (Å²) in [6, 6.07) is 11.9. The van der Waals surface area contributed by atoms with Gasteiger partial charge in [-0.15, -0.1) is 0 Å². The van der Waals surface area contributed by atoms with E-state index in [-0.39, 0.29) is 17.6 Å². The molecule has 8 heteroatoms. The topological polar surface area (TPSA) is 47.6 Å². The molecule has 156 valence electrons. The summed E-state index contributed by atoms with van der Waals surface area (Å²) in [4.78, 5) is 17.2. The molecule has 0 radical (unpaired) electrons. The Morgan fingerprint density at radius 3 is 2.62 bits per heavy atom. The van der Waals surface area contributed by atoms with Gasteiger partial charge in [0.25, 0.3) is 5.91 Å². The normalized spacial score (nSPS) is 18.4. The minimum atomic E-state index is -4.42. The Bertz CT molecular complexity index is 856. The second kappa shape index (κ2) is 8.84. The minimum absolute atomic E-state index is 0.210. The van der Waals surface area contributed by atoms with Gasteiger partial charge in [-0.3, -0.25) is 9.69 Å². The number of likely N-dealkylation sites (N-methyl/N-ethyl adjacent to an activating group) is 2. The van der Waals surface area contributed by atoms with Gasteiger partial charge in [-0.1, -0.05) is 18.2 Å². The fourth-order valence-corrected chi connectivity index (χ4v) is 3.35. The third kappa shape index (κ3) is 5.48. The maximum atomic E-state index is 13.0. The predicted octanol–water partition coefficient (Wildman–Crippen LogP) is 3.42. The van der Waals surface area contributed by atoms with Crippen LogP contribution in [-0.2, 0) is 6.18 Å². The van der Waals surface area contributed by atoms with Gasteiger partial charge >= 0.3 is 6.18 Å². The molecule has 1 heterocycles. The van der Waals surface area contributed by atoms with Crippen LogP contribution in [0.25, 0.3) is 0 Å². The molecule has 0 saturated carbocycles. The van der Waals surface area contributed by atoms with Crippen LogP contribution in [0, 0.1) is 0 Å². The fraction of sp³-hybridized carbons (Fsp3) is 0.381. The van der Waals surface area contributed by atoms with Gasteiger partial charge in [0.1, 0.15) is 0 Å². The van der Waals surface area contributed by atoms with E-state index in [1.54, 1.807) is 24.3 Å². The molecule has 2 aromatic rings. The first-order valence-corrected chi connectivity index (χ1v) is 9.44. The molecule has 0 aromatic heterocycles. The van der Waals surface area contributed by atoms with E-state index < -0.39 is 11.7 Å². The molecule has 0 bridgehead atoms. The van der Waals surface area contributed by atoms with E-state index in [9.17, 15) is 18.0 Å². The Morgan fingerprint density at radius 2 is 1.86 bits per heavy atom. The van der Waals surface area contributed by atoms with Gasteiger partial charge in [0, 0.05) is 37.9 Å². The van der Waals surface area contributed by atoms with Crippen molar-refractivity contribution in [1.82, 2.24) is 15.1 Å². The van der Waals surface area contributed by atoms with E-state index in [2.05, 4.69) is 27.5 Å². The summed E-state index contributed by atoms with van der Waals surface area (Å²) in [7, 11) is 4.09. The first-order valence-electron chi connectivity index (χ1n) is 9.44. The van der Waals surface area contributed by atoms with Crippen molar-refractivity contribution in [2.45, 2.75) is 12.2 Å². The lowest BCUT2D eigenvalue weighted by atomic mass is 10.1. The average Bonchev–Trinajstić information content (AvgIpc) is 2.68. The van der Waals surface area contributed by atoms with E-state index in [4.69, 9.17) is 0 Å². The van der Waals surface area contributed by atoms with Crippen LogP contribution < -0.4 is 10.6 Å². The zero-order valence-corrected chi connectivity index (χ0v) is 16.5. The lowest BCUT2D eigenvalue weighted by Crippen LogP contribution is -2.54. The highest BCUT2D eigenvalue weighted by Crippen LogP contribution is 2.31. The van der Waals surface area contributed by atoms with Crippen molar-refractivity contribution in [2.24, 2.45) is 0 Å². The Balaban J connectivity index is 1.71. The van der Waals surface area contributed by atoms with Gasteiger partial charge in [0.15, 0.2) is 0 Å². The number of nitrogens with zero attached hydrogens (tertiary/aromatic N) is 2. The number of nitrogens with one attached hydrogen (secondary N) is 2. The Kier molecular flexibility index (Phi) is 6.44. The minimum Gasteiger partial charge on any atom is -0.355 e. The number of alkyl halides is 3. The molecule has 29 heavy (non-hydrogen) atoms. The molecule has 2 N–H and O–H groups in total. The molecule has 1 fully saturated rings. The van der Waals surface area contributed by atoms with Crippen molar-refractivity contribution in [1.29, 1.82) is 0 Å². The summed E-state index contributed by atoms with van der Waals surface area (Å²) in [5.41, 5.74) is 0.373. The number of anilines is 2. The molecule has 5 nitrogen and oxygen atoms in total.